The second-order valence-corrected chi connectivity index (χ2v) is 5.36. The maximum absolute atomic E-state index is 9.31. The van der Waals surface area contributed by atoms with Gasteiger partial charge in [-0.15, -0.1) is 0 Å². The van der Waals surface area contributed by atoms with Crippen LogP contribution in [0.3, 0.4) is 0 Å². The summed E-state index contributed by atoms with van der Waals surface area (Å²) in [6, 6.07) is 23.5. The Hall–Kier alpha value is -2.11. The molecular weight excluding hydrogens is 244 g/mol. The van der Waals surface area contributed by atoms with E-state index in [0.29, 0.717) is 12.0 Å². The predicted molar refractivity (Wildman–Crippen MR) is 80.4 cm³/mol. The predicted octanol–water partition coefficient (Wildman–Crippen LogP) is 3.44. The summed E-state index contributed by atoms with van der Waals surface area (Å²) in [4.78, 5) is 0. The van der Waals surface area contributed by atoms with E-state index in [2.05, 4.69) is 41.7 Å². The zero-order valence-electron chi connectivity index (χ0n) is 11.4. The Labute approximate surface area is 120 Å². The van der Waals surface area contributed by atoms with Gasteiger partial charge in [0, 0.05) is 18.5 Å². The number of nitrogens with one attached hydrogen (secondary N) is 1. The fourth-order valence-electron chi connectivity index (χ4n) is 2.68. The van der Waals surface area contributed by atoms with Crippen molar-refractivity contribution in [2.24, 2.45) is 0 Å². The third-order valence-corrected chi connectivity index (χ3v) is 3.96. The van der Waals surface area contributed by atoms with Crippen LogP contribution in [-0.4, -0.2) is 12.6 Å². The standard InChI is InChI=1S/C18H18N2/c19-12-16(14-7-3-1-4-8-14)13-20-18-11-17(18)15-9-5-2-6-10-15/h1-10,16-18,20H,11,13H2. The van der Waals surface area contributed by atoms with Gasteiger partial charge in [-0.25, -0.2) is 0 Å². The summed E-state index contributed by atoms with van der Waals surface area (Å²) in [5.41, 5.74) is 2.50. The van der Waals surface area contributed by atoms with E-state index in [1.54, 1.807) is 0 Å². The molecule has 1 N–H and O–H groups in total. The van der Waals surface area contributed by atoms with Gasteiger partial charge >= 0.3 is 0 Å². The van der Waals surface area contributed by atoms with Crippen molar-refractivity contribution < 1.29 is 0 Å². The summed E-state index contributed by atoms with van der Waals surface area (Å²) >= 11 is 0. The minimum atomic E-state index is -0.0618. The summed E-state index contributed by atoms with van der Waals surface area (Å²) < 4.78 is 0. The van der Waals surface area contributed by atoms with Crippen LogP contribution < -0.4 is 5.32 Å². The van der Waals surface area contributed by atoms with E-state index in [1.165, 1.54) is 12.0 Å². The first kappa shape index (κ1) is 12.9. The first-order valence-corrected chi connectivity index (χ1v) is 7.11. The molecule has 1 saturated carbocycles. The van der Waals surface area contributed by atoms with Crippen molar-refractivity contribution in [3.63, 3.8) is 0 Å². The van der Waals surface area contributed by atoms with Crippen molar-refractivity contribution in [2.75, 3.05) is 6.54 Å². The molecule has 3 unspecified atom stereocenters. The fourth-order valence-corrected chi connectivity index (χ4v) is 2.68. The molecule has 2 aromatic rings. The molecule has 0 amide bonds. The van der Waals surface area contributed by atoms with Crippen LogP contribution in [0.25, 0.3) is 0 Å². The van der Waals surface area contributed by atoms with Crippen LogP contribution in [-0.2, 0) is 0 Å². The van der Waals surface area contributed by atoms with E-state index < -0.39 is 0 Å². The average molecular weight is 262 g/mol. The van der Waals surface area contributed by atoms with Crippen LogP contribution in [0.4, 0.5) is 0 Å². The van der Waals surface area contributed by atoms with Gasteiger partial charge < -0.3 is 5.32 Å². The number of benzene rings is 2. The molecule has 2 nitrogen and oxygen atoms in total. The van der Waals surface area contributed by atoms with E-state index >= 15 is 0 Å². The van der Waals surface area contributed by atoms with E-state index in [-0.39, 0.29) is 5.92 Å². The van der Waals surface area contributed by atoms with Gasteiger partial charge in [0.05, 0.1) is 12.0 Å². The summed E-state index contributed by atoms with van der Waals surface area (Å²) in [6.07, 6.45) is 1.18. The molecule has 3 atom stereocenters. The highest BCUT2D eigenvalue weighted by Gasteiger charge is 2.38. The van der Waals surface area contributed by atoms with Crippen LogP contribution in [0.5, 0.6) is 0 Å². The fraction of sp³-hybridized carbons (Fsp3) is 0.278. The van der Waals surface area contributed by atoms with Gasteiger partial charge in [-0.05, 0) is 17.5 Å². The monoisotopic (exact) mass is 262 g/mol. The topological polar surface area (TPSA) is 35.8 Å². The third kappa shape index (κ3) is 2.89. The van der Waals surface area contributed by atoms with Gasteiger partial charge in [0.1, 0.15) is 0 Å². The lowest BCUT2D eigenvalue weighted by Gasteiger charge is -2.10. The molecule has 0 aromatic heterocycles. The van der Waals surface area contributed by atoms with Crippen molar-refractivity contribution in [2.45, 2.75) is 24.3 Å². The SMILES string of the molecule is N#CC(CNC1CC1c1ccccc1)c1ccccc1. The maximum Gasteiger partial charge on any atom is 0.0837 e. The number of hydrogen-bond donors (Lipinski definition) is 1. The first-order chi connectivity index (χ1) is 9.88. The second-order valence-electron chi connectivity index (χ2n) is 5.36. The van der Waals surface area contributed by atoms with E-state index in [1.807, 2.05) is 30.3 Å². The van der Waals surface area contributed by atoms with Crippen LogP contribution in [0.15, 0.2) is 60.7 Å². The molecule has 1 aliphatic rings. The average Bonchev–Trinajstić information content (AvgIpc) is 3.30. The molecule has 1 fully saturated rings. The molecular formula is C18H18N2. The molecule has 0 radical (unpaired) electrons. The van der Waals surface area contributed by atoms with Crippen LogP contribution in [0.2, 0.25) is 0 Å². The molecule has 0 aliphatic heterocycles. The minimum Gasteiger partial charge on any atom is -0.312 e. The molecule has 0 spiro atoms. The lowest BCUT2D eigenvalue weighted by Crippen LogP contribution is -2.24. The Balaban J connectivity index is 1.55. The van der Waals surface area contributed by atoms with Gasteiger partial charge in [-0.3, -0.25) is 0 Å². The summed E-state index contributed by atoms with van der Waals surface area (Å²) in [7, 11) is 0. The lowest BCUT2D eigenvalue weighted by atomic mass is 10.0. The molecule has 2 heteroatoms. The number of nitriles is 1. The van der Waals surface area contributed by atoms with E-state index in [9.17, 15) is 5.26 Å². The zero-order chi connectivity index (χ0) is 13.8. The van der Waals surface area contributed by atoms with Crippen molar-refractivity contribution in [1.29, 1.82) is 5.26 Å². The van der Waals surface area contributed by atoms with Gasteiger partial charge in [0.2, 0.25) is 0 Å². The molecule has 0 heterocycles. The van der Waals surface area contributed by atoms with Crippen molar-refractivity contribution in [1.82, 2.24) is 5.32 Å². The highest BCUT2D eigenvalue weighted by Crippen LogP contribution is 2.40. The normalized spacial score (nSPS) is 21.9. The Morgan fingerprint density at radius 3 is 2.35 bits per heavy atom. The Morgan fingerprint density at radius 1 is 1.05 bits per heavy atom. The van der Waals surface area contributed by atoms with Crippen molar-refractivity contribution >= 4 is 0 Å². The smallest absolute Gasteiger partial charge is 0.0837 e. The maximum atomic E-state index is 9.31. The molecule has 0 bridgehead atoms. The first-order valence-electron chi connectivity index (χ1n) is 7.11. The minimum absolute atomic E-state index is 0.0618. The van der Waals surface area contributed by atoms with Crippen LogP contribution >= 0.6 is 0 Å². The third-order valence-electron chi connectivity index (χ3n) is 3.96. The molecule has 2 aromatic carbocycles. The highest BCUT2D eigenvalue weighted by molar-refractivity contribution is 5.29. The largest absolute Gasteiger partial charge is 0.312 e. The number of hydrogen-bond acceptors (Lipinski definition) is 2. The van der Waals surface area contributed by atoms with Gasteiger partial charge in [-0.1, -0.05) is 60.7 Å². The highest BCUT2D eigenvalue weighted by atomic mass is 15.0. The number of nitrogens with zero attached hydrogens (tertiary/aromatic N) is 1. The zero-order valence-corrected chi connectivity index (χ0v) is 11.4. The summed E-state index contributed by atoms with van der Waals surface area (Å²) in [6.45, 7) is 0.731. The Kier molecular flexibility index (Phi) is 3.80. The molecule has 0 saturated heterocycles. The Morgan fingerprint density at radius 2 is 1.70 bits per heavy atom. The van der Waals surface area contributed by atoms with E-state index in [0.717, 1.165) is 12.1 Å². The summed E-state index contributed by atoms with van der Waals surface area (Å²) in [5, 5.41) is 12.8. The second kappa shape index (κ2) is 5.90. The molecule has 3 rings (SSSR count). The summed E-state index contributed by atoms with van der Waals surface area (Å²) in [5.74, 6) is 0.555. The van der Waals surface area contributed by atoms with E-state index in [4.69, 9.17) is 0 Å². The van der Waals surface area contributed by atoms with Crippen LogP contribution in [0, 0.1) is 11.3 Å². The van der Waals surface area contributed by atoms with Gasteiger partial charge in [0.25, 0.3) is 0 Å². The van der Waals surface area contributed by atoms with Gasteiger partial charge in [-0.2, -0.15) is 5.26 Å². The van der Waals surface area contributed by atoms with Crippen LogP contribution in [0.1, 0.15) is 29.4 Å². The van der Waals surface area contributed by atoms with Crippen molar-refractivity contribution in [3.8, 4) is 6.07 Å². The molecule has 20 heavy (non-hydrogen) atoms. The quantitative estimate of drug-likeness (QED) is 0.896. The van der Waals surface area contributed by atoms with Crippen molar-refractivity contribution in [3.05, 3.63) is 71.8 Å². The lowest BCUT2D eigenvalue weighted by molar-refractivity contribution is 0.637. The molecule has 1 aliphatic carbocycles. The molecule has 100 valence electrons. The van der Waals surface area contributed by atoms with Gasteiger partial charge in [0.15, 0.2) is 0 Å². The Bertz CT molecular complexity index is 586. The number of rotatable bonds is 5.